The highest BCUT2D eigenvalue weighted by molar-refractivity contribution is 6.02. The van der Waals surface area contributed by atoms with Gasteiger partial charge >= 0.3 is 0 Å². The third kappa shape index (κ3) is 4.07. The summed E-state index contributed by atoms with van der Waals surface area (Å²) in [6.45, 7) is 4.16. The minimum Gasteiger partial charge on any atom is -0.497 e. The summed E-state index contributed by atoms with van der Waals surface area (Å²) in [5.41, 5.74) is 2.57. The lowest BCUT2D eigenvalue weighted by Gasteiger charge is -2.02. The molecule has 3 rings (SSSR count). The Morgan fingerprint density at radius 3 is 2.84 bits per heavy atom. The second-order valence-corrected chi connectivity index (χ2v) is 6.08. The molecule has 0 saturated heterocycles. The molecule has 1 heterocycles. The normalized spacial score (nSPS) is 11.4. The molecule has 0 aliphatic heterocycles. The molecule has 3 aromatic rings. The number of aromatic nitrogens is 2. The number of hydrogen-bond donors (Lipinski definition) is 1. The summed E-state index contributed by atoms with van der Waals surface area (Å²) in [6.07, 6.45) is 5.26. The molecule has 0 aliphatic carbocycles. The van der Waals surface area contributed by atoms with E-state index < -0.39 is 0 Å². The van der Waals surface area contributed by atoms with Crippen molar-refractivity contribution in [1.82, 2.24) is 9.78 Å². The van der Waals surface area contributed by atoms with E-state index in [9.17, 15) is 4.79 Å². The Hall–Kier alpha value is -3.08. The molecule has 2 aromatic carbocycles. The fourth-order valence-electron chi connectivity index (χ4n) is 2.49. The SMILES string of the molecule is COc1cccc(/C=C/C(=O)Nc2ccc3nn(C(C)C)cc3c2)c1. The summed E-state index contributed by atoms with van der Waals surface area (Å²) in [5.74, 6) is 0.577. The molecular formula is C20H21N3O2. The first-order valence-electron chi connectivity index (χ1n) is 8.17. The number of ether oxygens (including phenoxy) is 1. The summed E-state index contributed by atoms with van der Waals surface area (Å²) in [5, 5.41) is 8.38. The fraction of sp³-hybridized carbons (Fsp3) is 0.200. The molecule has 0 spiro atoms. The predicted molar refractivity (Wildman–Crippen MR) is 101 cm³/mol. The van der Waals surface area contributed by atoms with Gasteiger partial charge in [0.1, 0.15) is 5.75 Å². The molecule has 1 N–H and O–H groups in total. The molecule has 5 nitrogen and oxygen atoms in total. The highest BCUT2D eigenvalue weighted by Gasteiger charge is 2.05. The van der Waals surface area contributed by atoms with Gasteiger partial charge in [-0.15, -0.1) is 0 Å². The maximum absolute atomic E-state index is 12.1. The number of fused-ring (bicyclic) bond motifs is 1. The number of carbonyl (C=O) groups is 1. The minimum atomic E-state index is -0.182. The van der Waals surface area contributed by atoms with Crippen LogP contribution in [0.25, 0.3) is 17.0 Å². The number of amides is 1. The maximum Gasteiger partial charge on any atom is 0.248 e. The summed E-state index contributed by atoms with van der Waals surface area (Å²) < 4.78 is 7.09. The van der Waals surface area contributed by atoms with Crippen LogP contribution in [-0.4, -0.2) is 22.8 Å². The zero-order chi connectivity index (χ0) is 17.8. The molecule has 5 heteroatoms. The molecule has 1 aromatic heterocycles. The quantitative estimate of drug-likeness (QED) is 0.708. The van der Waals surface area contributed by atoms with E-state index >= 15 is 0 Å². The largest absolute Gasteiger partial charge is 0.497 e. The Morgan fingerprint density at radius 2 is 2.08 bits per heavy atom. The number of nitrogens with zero attached hydrogens (tertiary/aromatic N) is 2. The van der Waals surface area contributed by atoms with Gasteiger partial charge in [0.2, 0.25) is 5.91 Å². The van der Waals surface area contributed by atoms with Crippen LogP contribution in [-0.2, 0) is 4.79 Å². The second kappa shape index (κ2) is 7.21. The van der Waals surface area contributed by atoms with Gasteiger partial charge in [-0.1, -0.05) is 12.1 Å². The molecule has 0 bridgehead atoms. The van der Waals surface area contributed by atoms with Crippen LogP contribution in [0.3, 0.4) is 0 Å². The number of carbonyl (C=O) groups excluding carboxylic acids is 1. The van der Waals surface area contributed by atoms with E-state index in [4.69, 9.17) is 4.74 Å². The van der Waals surface area contributed by atoms with E-state index in [2.05, 4.69) is 24.3 Å². The lowest BCUT2D eigenvalue weighted by atomic mass is 10.2. The van der Waals surface area contributed by atoms with Crippen LogP contribution in [0.15, 0.2) is 54.7 Å². The van der Waals surface area contributed by atoms with E-state index in [1.807, 2.05) is 53.3 Å². The molecular weight excluding hydrogens is 314 g/mol. The average Bonchev–Trinajstić information content (AvgIpc) is 3.04. The van der Waals surface area contributed by atoms with Crippen LogP contribution in [0.5, 0.6) is 5.75 Å². The van der Waals surface area contributed by atoms with Gasteiger partial charge in [-0.25, -0.2) is 0 Å². The summed E-state index contributed by atoms with van der Waals surface area (Å²) >= 11 is 0. The van der Waals surface area contributed by atoms with Gasteiger partial charge in [0.25, 0.3) is 0 Å². The molecule has 1 amide bonds. The lowest BCUT2D eigenvalue weighted by molar-refractivity contribution is -0.111. The van der Waals surface area contributed by atoms with Gasteiger partial charge in [0.05, 0.1) is 12.6 Å². The number of methoxy groups -OCH3 is 1. The topological polar surface area (TPSA) is 56.1 Å². The van der Waals surface area contributed by atoms with Crippen molar-refractivity contribution in [3.05, 3.63) is 60.3 Å². The van der Waals surface area contributed by atoms with Gasteiger partial charge < -0.3 is 10.1 Å². The van der Waals surface area contributed by atoms with Crippen molar-refractivity contribution in [2.24, 2.45) is 0 Å². The zero-order valence-corrected chi connectivity index (χ0v) is 14.6. The standard InChI is InChI=1S/C20H21N3O2/c1-14(2)23-13-16-12-17(8-9-19(16)22-23)21-20(24)10-7-15-5-4-6-18(11-15)25-3/h4-14H,1-3H3,(H,21,24)/b10-7+. The summed E-state index contributed by atoms with van der Waals surface area (Å²) in [6, 6.07) is 13.5. The first-order chi connectivity index (χ1) is 12.0. The number of benzene rings is 2. The smallest absolute Gasteiger partial charge is 0.248 e. The molecule has 0 radical (unpaired) electrons. The van der Waals surface area contributed by atoms with Crippen molar-refractivity contribution < 1.29 is 9.53 Å². The number of hydrogen-bond acceptors (Lipinski definition) is 3. The van der Waals surface area contributed by atoms with Crippen molar-refractivity contribution in [3.63, 3.8) is 0 Å². The third-order valence-electron chi connectivity index (χ3n) is 3.84. The molecule has 0 atom stereocenters. The molecule has 25 heavy (non-hydrogen) atoms. The van der Waals surface area contributed by atoms with Gasteiger partial charge in [-0.2, -0.15) is 5.10 Å². The van der Waals surface area contributed by atoms with Crippen molar-refractivity contribution in [3.8, 4) is 5.75 Å². The van der Waals surface area contributed by atoms with Crippen molar-refractivity contribution in [2.75, 3.05) is 12.4 Å². The Labute approximate surface area is 146 Å². The van der Waals surface area contributed by atoms with E-state index in [1.54, 1.807) is 13.2 Å². The van der Waals surface area contributed by atoms with Crippen molar-refractivity contribution in [1.29, 1.82) is 0 Å². The Balaban J connectivity index is 1.71. The van der Waals surface area contributed by atoms with Crippen LogP contribution >= 0.6 is 0 Å². The first-order valence-corrected chi connectivity index (χ1v) is 8.17. The third-order valence-corrected chi connectivity index (χ3v) is 3.84. The average molecular weight is 335 g/mol. The molecule has 0 saturated carbocycles. The van der Waals surface area contributed by atoms with Crippen LogP contribution in [0.1, 0.15) is 25.5 Å². The molecule has 0 aliphatic rings. The minimum absolute atomic E-state index is 0.182. The Morgan fingerprint density at radius 1 is 1.24 bits per heavy atom. The van der Waals surface area contributed by atoms with Gasteiger partial charge in [0, 0.05) is 29.4 Å². The molecule has 128 valence electrons. The Kier molecular flexibility index (Phi) is 4.84. The van der Waals surface area contributed by atoms with E-state index in [0.717, 1.165) is 27.9 Å². The van der Waals surface area contributed by atoms with Gasteiger partial charge in [-0.3, -0.25) is 9.48 Å². The number of rotatable bonds is 5. The van der Waals surface area contributed by atoms with Crippen LogP contribution in [0.2, 0.25) is 0 Å². The lowest BCUT2D eigenvalue weighted by Crippen LogP contribution is -2.07. The predicted octanol–water partition coefficient (Wildman–Crippen LogP) is 4.28. The molecule has 0 fully saturated rings. The van der Waals surface area contributed by atoms with Gasteiger partial charge in [-0.05, 0) is 55.8 Å². The summed E-state index contributed by atoms with van der Waals surface area (Å²) in [7, 11) is 1.62. The maximum atomic E-state index is 12.1. The highest BCUT2D eigenvalue weighted by atomic mass is 16.5. The van der Waals surface area contributed by atoms with E-state index in [-0.39, 0.29) is 5.91 Å². The molecule has 0 unspecified atom stereocenters. The monoisotopic (exact) mass is 335 g/mol. The highest BCUT2D eigenvalue weighted by Crippen LogP contribution is 2.20. The van der Waals surface area contributed by atoms with Crippen LogP contribution in [0.4, 0.5) is 5.69 Å². The van der Waals surface area contributed by atoms with Crippen molar-refractivity contribution in [2.45, 2.75) is 19.9 Å². The number of anilines is 1. The van der Waals surface area contributed by atoms with Crippen LogP contribution in [0, 0.1) is 0 Å². The van der Waals surface area contributed by atoms with Crippen LogP contribution < -0.4 is 10.1 Å². The number of nitrogens with one attached hydrogen (secondary N) is 1. The summed E-state index contributed by atoms with van der Waals surface area (Å²) in [4.78, 5) is 12.1. The van der Waals surface area contributed by atoms with Crippen molar-refractivity contribution >= 4 is 28.6 Å². The fourth-order valence-corrected chi connectivity index (χ4v) is 2.49. The van der Waals surface area contributed by atoms with E-state index in [0.29, 0.717) is 6.04 Å². The second-order valence-electron chi connectivity index (χ2n) is 6.08. The Bertz CT molecular complexity index is 926. The first kappa shape index (κ1) is 16.8. The van der Waals surface area contributed by atoms with Gasteiger partial charge in [0.15, 0.2) is 0 Å². The van der Waals surface area contributed by atoms with E-state index in [1.165, 1.54) is 6.08 Å². The zero-order valence-electron chi connectivity index (χ0n) is 14.6.